The fourth-order valence-electron chi connectivity index (χ4n) is 3.14. The first-order valence-electron chi connectivity index (χ1n) is 8.97. The molecule has 0 bridgehead atoms. The van der Waals surface area contributed by atoms with Gasteiger partial charge in [0.1, 0.15) is 9.92 Å². The predicted molar refractivity (Wildman–Crippen MR) is 102 cm³/mol. The average molecular weight is 432 g/mol. The topological polar surface area (TPSA) is 108 Å². The molecule has 0 amide bonds. The SMILES string of the molecule is O=S(=O)(c1ccc(Sc2nnc(-c3ccc4c(c3)OCO4)o2)nc1)N1CCCC1. The lowest BCUT2D eigenvalue weighted by Crippen LogP contribution is -2.27. The van der Waals surface area contributed by atoms with E-state index in [0.29, 0.717) is 46.3 Å². The standard InChI is InChI=1S/C18H16N4O5S2/c23-29(24,22-7-1-2-8-22)13-4-6-16(19-10-13)28-18-21-20-17(27-18)12-3-5-14-15(9-12)26-11-25-14/h3-6,9-10H,1-2,7-8,11H2. The average Bonchev–Trinajstić information content (AvgIpc) is 3.49. The summed E-state index contributed by atoms with van der Waals surface area (Å²) in [6, 6.07) is 8.57. The van der Waals surface area contributed by atoms with E-state index in [1.54, 1.807) is 24.3 Å². The van der Waals surface area contributed by atoms with Gasteiger partial charge in [0.25, 0.3) is 5.22 Å². The van der Waals surface area contributed by atoms with Crippen molar-refractivity contribution in [3.05, 3.63) is 36.5 Å². The Morgan fingerprint density at radius 1 is 1.00 bits per heavy atom. The van der Waals surface area contributed by atoms with Crippen molar-refractivity contribution in [2.24, 2.45) is 0 Å². The van der Waals surface area contributed by atoms with E-state index >= 15 is 0 Å². The molecule has 11 heteroatoms. The van der Waals surface area contributed by atoms with Gasteiger partial charge in [-0.15, -0.1) is 10.2 Å². The summed E-state index contributed by atoms with van der Waals surface area (Å²) in [5.74, 6) is 1.65. The van der Waals surface area contributed by atoms with Crippen LogP contribution in [-0.2, 0) is 10.0 Å². The van der Waals surface area contributed by atoms with Crippen molar-refractivity contribution in [2.75, 3.05) is 19.9 Å². The molecule has 1 fully saturated rings. The number of hydrogen-bond acceptors (Lipinski definition) is 9. The van der Waals surface area contributed by atoms with Crippen LogP contribution in [0.5, 0.6) is 11.5 Å². The molecule has 2 aromatic heterocycles. The summed E-state index contributed by atoms with van der Waals surface area (Å²) in [5, 5.41) is 8.94. The van der Waals surface area contributed by atoms with Gasteiger partial charge in [-0.25, -0.2) is 13.4 Å². The van der Waals surface area contributed by atoms with Crippen LogP contribution >= 0.6 is 11.8 Å². The Kier molecular flexibility index (Phi) is 4.64. The van der Waals surface area contributed by atoms with Crippen molar-refractivity contribution in [3.8, 4) is 23.0 Å². The third-order valence-electron chi connectivity index (χ3n) is 4.63. The smallest absolute Gasteiger partial charge is 0.283 e. The number of ether oxygens (including phenoxy) is 2. The molecule has 29 heavy (non-hydrogen) atoms. The van der Waals surface area contributed by atoms with E-state index in [4.69, 9.17) is 13.9 Å². The minimum absolute atomic E-state index is 0.190. The van der Waals surface area contributed by atoms with Gasteiger partial charge in [-0.2, -0.15) is 4.31 Å². The lowest BCUT2D eigenvalue weighted by atomic mass is 10.2. The lowest BCUT2D eigenvalue weighted by Gasteiger charge is -2.15. The minimum Gasteiger partial charge on any atom is -0.454 e. The Bertz CT molecular complexity index is 1140. The molecule has 0 radical (unpaired) electrons. The van der Waals surface area contributed by atoms with E-state index in [9.17, 15) is 8.42 Å². The van der Waals surface area contributed by atoms with Crippen LogP contribution in [0.3, 0.4) is 0 Å². The Labute approximate surface area is 171 Å². The molecule has 2 aliphatic rings. The number of rotatable bonds is 5. The molecule has 150 valence electrons. The Hall–Kier alpha value is -2.63. The van der Waals surface area contributed by atoms with Gasteiger partial charge in [-0.3, -0.25) is 0 Å². The quantitative estimate of drug-likeness (QED) is 0.601. The number of aromatic nitrogens is 3. The van der Waals surface area contributed by atoms with Gasteiger partial charge in [-0.1, -0.05) is 0 Å². The molecule has 0 atom stereocenters. The maximum Gasteiger partial charge on any atom is 0.283 e. The molecule has 0 N–H and O–H groups in total. The molecule has 0 spiro atoms. The van der Waals surface area contributed by atoms with Gasteiger partial charge in [-0.05, 0) is 54.9 Å². The molecule has 9 nitrogen and oxygen atoms in total. The third-order valence-corrected chi connectivity index (χ3v) is 7.30. The molecule has 1 saturated heterocycles. The first-order valence-corrected chi connectivity index (χ1v) is 11.2. The van der Waals surface area contributed by atoms with Crippen molar-refractivity contribution in [1.29, 1.82) is 0 Å². The van der Waals surface area contributed by atoms with Crippen LogP contribution in [0.25, 0.3) is 11.5 Å². The van der Waals surface area contributed by atoms with Crippen molar-refractivity contribution >= 4 is 21.8 Å². The lowest BCUT2D eigenvalue weighted by molar-refractivity contribution is 0.174. The molecule has 3 aromatic rings. The summed E-state index contributed by atoms with van der Waals surface area (Å²) in [5.41, 5.74) is 0.716. The number of hydrogen-bond donors (Lipinski definition) is 0. The normalized spacial score (nSPS) is 16.4. The molecule has 0 unspecified atom stereocenters. The van der Waals surface area contributed by atoms with Gasteiger partial charge < -0.3 is 13.9 Å². The van der Waals surface area contributed by atoms with Crippen molar-refractivity contribution < 1.29 is 22.3 Å². The van der Waals surface area contributed by atoms with E-state index in [0.717, 1.165) is 24.6 Å². The van der Waals surface area contributed by atoms with Gasteiger partial charge in [0.2, 0.25) is 22.7 Å². The second-order valence-electron chi connectivity index (χ2n) is 6.49. The first kappa shape index (κ1) is 18.4. The van der Waals surface area contributed by atoms with Crippen molar-refractivity contribution in [1.82, 2.24) is 19.5 Å². The number of sulfonamides is 1. The zero-order chi connectivity index (χ0) is 19.8. The van der Waals surface area contributed by atoms with Crippen LogP contribution in [0.15, 0.2) is 56.1 Å². The summed E-state index contributed by atoms with van der Waals surface area (Å²) < 4.78 is 43.0. The highest BCUT2D eigenvalue weighted by Gasteiger charge is 2.27. The van der Waals surface area contributed by atoms with Crippen LogP contribution in [0.2, 0.25) is 0 Å². The maximum absolute atomic E-state index is 12.6. The number of benzene rings is 1. The van der Waals surface area contributed by atoms with E-state index in [-0.39, 0.29) is 11.7 Å². The van der Waals surface area contributed by atoms with Crippen LogP contribution in [0, 0.1) is 0 Å². The summed E-state index contributed by atoms with van der Waals surface area (Å²) in [7, 11) is -3.48. The highest BCUT2D eigenvalue weighted by molar-refractivity contribution is 7.99. The molecule has 5 rings (SSSR count). The predicted octanol–water partition coefficient (Wildman–Crippen LogP) is 2.80. The van der Waals surface area contributed by atoms with E-state index in [1.165, 1.54) is 10.5 Å². The molecule has 0 aliphatic carbocycles. The highest BCUT2D eigenvalue weighted by atomic mass is 32.2. The number of fused-ring (bicyclic) bond motifs is 1. The molecular weight excluding hydrogens is 416 g/mol. The van der Waals surface area contributed by atoms with Gasteiger partial charge in [0.15, 0.2) is 11.5 Å². The van der Waals surface area contributed by atoms with E-state index in [1.807, 2.05) is 6.07 Å². The second kappa shape index (κ2) is 7.32. The first-order chi connectivity index (χ1) is 14.1. The fraction of sp³-hybridized carbons (Fsp3) is 0.278. The van der Waals surface area contributed by atoms with Gasteiger partial charge in [0, 0.05) is 24.8 Å². The molecule has 2 aliphatic heterocycles. The molecule has 1 aromatic carbocycles. The summed E-state index contributed by atoms with van der Waals surface area (Å²) in [6.07, 6.45) is 3.15. The Morgan fingerprint density at radius 3 is 2.62 bits per heavy atom. The van der Waals surface area contributed by atoms with Gasteiger partial charge in [0.05, 0.1) is 0 Å². The van der Waals surface area contributed by atoms with Crippen molar-refractivity contribution in [2.45, 2.75) is 28.0 Å². The Morgan fingerprint density at radius 2 is 1.83 bits per heavy atom. The van der Waals surface area contributed by atoms with E-state index < -0.39 is 10.0 Å². The summed E-state index contributed by atoms with van der Waals surface area (Å²) in [6.45, 7) is 1.31. The zero-order valence-corrected chi connectivity index (χ0v) is 16.8. The fourth-order valence-corrected chi connectivity index (χ4v) is 5.23. The third kappa shape index (κ3) is 3.56. The summed E-state index contributed by atoms with van der Waals surface area (Å²) in [4.78, 5) is 4.42. The maximum atomic E-state index is 12.6. The van der Waals surface area contributed by atoms with Crippen LogP contribution in [-0.4, -0.2) is 47.8 Å². The summed E-state index contributed by atoms with van der Waals surface area (Å²) >= 11 is 1.16. The van der Waals surface area contributed by atoms with Crippen LogP contribution < -0.4 is 9.47 Å². The number of pyridine rings is 1. The molecule has 0 saturated carbocycles. The largest absolute Gasteiger partial charge is 0.454 e. The monoisotopic (exact) mass is 432 g/mol. The highest BCUT2D eigenvalue weighted by Crippen LogP contribution is 2.36. The molecule has 4 heterocycles. The van der Waals surface area contributed by atoms with Crippen molar-refractivity contribution in [3.63, 3.8) is 0 Å². The Balaban J connectivity index is 1.31. The van der Waals surface area contributed by atoms with Gasteiger partial charge >= 0.3 is 0 Å². The second-order valence-corrected chi connectivity index (χ2v) is 9.40. The number of nitrogens with zero attached hydrogens (tertiary/aromatic N) is 4. The van der Waals surface area contributed by atoms with E-state index in [2.05, 4.69) is 15.2 Å². The molecular formula is C18H16N4O5S2. The van der Waals surface area contributed by atoms with Crippen LogP contribution in [0.4, 0.5) is 0 Å². The zero-order valence-electron chi connectivity index (χ0n) is 15.1. The minimum atomic E-state index is -3.48. The van der Waals surface area contributed by atoms with Crippen LogP contribution in [0.1, 0.15) is 12.8 Å².